The van der Waals surface area contributed by atoms with Gasteiger partial charge in [0, 0.05) is 18.6 Å². The molecule has 0 amide bonds. The van der Waals surface area contributed by atoms with Crippen LogP contribution < -0.4 is 5.73 Å². The number of benzene rings is 1. The van der Waals surface area contributed by atoms with Crippen LogP contribution in [0.5, 0.6) is 0 Å². The van der Waals surface area contributed by atoms with Gasteiger partial charge in [-0.05, 0) is 49.9 Å². The molecule has 1 aliphatic rings. The maximum Gasteiger partial charge on any atom is 0.123 e. The summed E-state index contributed by atoms with van der Waals surface area (Å²) in [7, 11) is 0. The van der Waals surface area contributed by atoms with Crippen molar-refractivity contribution in [2.75, 3.05) is 13.1 Å². The fraction of sp³-hybridized carbons (Fsp3) is 0.600. The Morgan fingerprint density at radius 3 is 2.78 bits per heavy atom. The van der Waals surface area contributed by atoms with Crippen LogP contribution in [0.1, 0.15) is 44.2 Å². The maximum absolute atomic E-state index is 12.8. The van der Waals surface area contributed by atoms with E-state index in [1.54, 1.807) is 12.1 Å². The summed E-state index contributed by atoms with van der Waals surface area (Å²) in [6, 6.07) is 7.32. The van der Waals surface area contributed by atoms with Crippen molar-refractivity contribution in [1.29, 1.82) is 0 Å². The zero-order valence-corrected chi connectivity index (χ0v) is 11.1. The van der Waals surface area contributed by atoms with E-state index in [0.29, 0.717) is 0 Å². The molecule has 2 rings (SSSR count). The quantitative estimate of drug-likeness (QED) is 0.870. The van der Waals surface area contributed by atoms with Crippen LogP contribution >= 0.6 is 0 Å². The number of hydrogen-bond acceptors (Lipinski definition) is 2. The fourth-order valence-electron chi connectivity index (χ4n) is 2.83. The van der Waals surface area contributed by atoms with Crippen LogP contribution in [0.15, 0.2) is 24.3 Å². The summed E-state index contributed by atoms with van der Waals surface area (Å²) >= 11 is 0. The van der Waals surface area contributed by atoms with Gasteiger partial charge in [0.1, 0.15) is 5.82 Å². The molecule has 0 spiro atoms. The second-order valence-corrected chi connectivity index (χ2v) is 5.19. The van der Waals surface area contributed by atoms with Crippen molar-refractivity contribution in [3.8, 4) is 0 Å². The van der Waals surface area contributed by atoms with Gasteiger partial charge in [-0.1, -0.05) is 19.1 Å². The molecular weight excluding hydrogens is 227 g/mol. The first-order valence-electron chi connectivity index (χ1n) is 6.95. The minimum Gasteiger partial charge on any atom is -0.324 e. The minimum atomic E-state index is -0.198. The highest BCUT2D eigenvalue weighted by Crippen LogP contribution is 2.22. The van der Waals surface area contributed by atoms with Crippen LogP contribution in [-0.4, -0.2) is 24.0 Å². The topological polar surface area (TPSA) is 29.3 Å². The van der Waals surface area contributed by atoms with Crippen molar-refractivity contribution < 1.29 is 4.39 Å². The highest BCUT2D eigenvalue weighted by Gasteiger charge is 2.22. The van der Waals surface area contributed by atoms with Crippen molar-refractivity contribution in [2.45, 2.75) is 44.7 Å². The SMILES string of the molecule is CCC1CCCN1CCC(N)c1ccc(F)cc1. The minimum absolute atomic E-state index is 0.0173. The molecule has 0 aromatic heterocycles. The fourth-order valence-corrected chi connectivity index (χ4v) is 2.83. The molecule has 0 radical (unpaired) electrons. The van der Waals surface area contributed by atoms with E-state index in [-0.39, 0.29) is 11.9 Å². The zero-order valence-electron chi connectivity index (χ0n) is 11.1. The van der Waals surface area contributed by atoms with Gasteiger partial charge in [-0.2, -0.15) is 0 Å². The first-order valence-corrected chi connectivity index (χ1v) is 6.95. The second kappa shape index (κ2) is 6.30. The van der Waals surface area contributed by atoms with Gasteiger partial charge in [-0.25, -0.2) is 4.39 Å². The van der Waals surface area contributed by atoms with Crippen LogP contribution in [0.4, 0.5) is 4.39 Å². The molecular formula is C15H23FN2. The Labute approximate surface area is 109 Å². The predicted octanol–water partition coefficient (Wildman–Crippen LogP) is 3.09. The van der Waals surface area contributed by atoms with E-state index in [1.807, 2.05) is 0 Å². The average molecular weight is 250 g/mol. The van der Waals surface area contributed by atoms with E-state index in [2.05, 4.69) is 11.8 Å². The van der Waals surface area contributed by atoms with Crippen molar-refractivity contribution in [2.24, 2.45) is 5.73 Å². The third-order valence-electron chi connectivity index (χ3n) is 4.00. The molecule has 1 fully saturated rings. The van der Waals surface area contributed by atoms with E-state index < -0.39 is 0 Å². The monoisotopic (exact) mass is 250 g/mol. The summed E-state index contributed by atoms with van der Waals surface area (Å²) < 4.78 is 12.8. The van der Waals surface area contributed by atoms with E-state index in [1.165, 1.54) is 37.9 Å². The van der Waals surface area contributed by atoms with Crippen LogP contribution in [0.3, 0.4) is 0 Å². The largest absolute Gasteiger partial charge is 0.324 e. The Balaban J connectivity index is 1.84. The zero-order chi connectivity index (χ0) is 13.0. The van der Waals surface area contributed by atoms with Gasteiger partial charge in [0.2, 0.25) is 0 Å². The molecule has 0 aliphatic carbocycles. The van der Waals surface area contributed by atoms with Crippen LogP contribution in [-0.2, 0) is 0 Å². The van der Waals surface area contributed by atoms with Crippen molar-refractivity contribution in [3.63, 3.8) is 0 Å². The molecule has 1 aromatic rings. The number of likely N-dealkylation sites (tertiary alicyclic amines) is 1. The number of hydrogen-bond donors (Lipinski definition) is 1. The molecule has 0 saturated carbocycles. The van der Waals surface area contributed by atoms with Gasteiger partial charge in [0.15, 0.2) is 0 Å². The van der Waals surface area contributed by atoms with Gasteiger partial charge >= 0.3 is 0 Å². The number of nitrogens with two attached hydrogens (primary N) is 1. The number of halogens is 1. The molecule has 2 N–H and O–H groups in total. The lowest BCUT2D eigenvalue weighted by atomic mass is 10.0. The molecule has 1 aromatic carbocycles. The maximum atomic E-state index is 12.8. The van der Waals surface area contributed by atoms with Crippen LogP contribution in [0.25, 0.3) is 0 Å². The Morgan fingerprint density at radius 2 is 2.11 bits per heavy atom. The van der Waals surface area contributed by atoms with Crippen molar-refractivity contribution >= 4 is 0 Å². The number of rotatable bonds is 5. The van der Waals surface area contributed by atoms with Crippen molar-refractivity contribution in [1.82, 2.24) is 4.90 Å². The summed E-state index contributed by atoms with van der Waals surface area (Å²) in [4.78, 5) is 2.55. The second-order valence-electron chi connectivity index (χ2n) is 5.19. The summed E-state index contributed by atoms with van der Waals surface area (Å²) in [5, 5.41) is 0. The molecule has 2 nitrogen and oxygen atoms in total. The highest BCUT2D eigenvalue weighted by molar-refractivity contribution is 5.19. The molecule has 1 saturated heterocycles. The van der Waals surface area contributed by atoms with E-state index in [0.717, 1.165) is 24.6 Å². The molecule has 100 valence electrons. The molecule has 18 heavy (non-hydrogen) atoms. The van der Waals surface area contributed by atoms with Gasteiger partial charge in [-0.15, -0.1) is 0 Å². The third kappa shape index (κ3) is 3.30. The van der Waals surface area contributed by atoms with E-state index in [9.17, 15) is 4.39 Å². The first kappa shape index (κ1) is 13.5. The molecule has 0 bridgehead atoms. The van der Waals surface area contributed by atoms with Gasteiger partial charge < -0.3 is 10.6 Å². The molecule has 1 heterocycles. The smallest absolute Gasteiger partial charge is 0.123 e. The normalized spacial score (nSPS) is 22.3. The Hall–Kier alpha value is -0.930. The summed E-state index contributed by atoms with van der Waals surface area (Å²) in [5.41, 5.74) is 7.19. The lowest BCUT2D eigenvalue weighted by Gasteiger charge is -2.24. The summed E-state index contributed by atoms with van der Waals surface area (Å²) in [6.45, 7) is 4.51. The first-order chi connectivity index (χ1) is 8.70. The van der Waals surface area contributed by atoms with Crippen LogP contribution in [0.2, 0.25) is 0 Å². The summed E-state index contributed by atoms with van der Waals surface area (Å²) in [6.07, 6.45) is 4.81. The lowest BCUT2D eigenvalue weighted by Crippen LogP contribution is -2.31. The van der Waals surface area contributed by atoms with Crippen LogP contribution in [0, 0.1) is 5.82 Å². The molecule has 1 aliphatic heterocycles. The van der Waals surface area contributed by atoms with Gasteiger partial charge in [-0.3, -0.25) is 0 Å². The van der Waals surface area contributed by atoms with E-state index >= 15 is 0 Å². The highest BCUT2D eigenvalue weighted by atomic mass is 19.1. The standard InChI is InChI=1S/C15H23FN2/c1-2-14-4-3-10-18(14)11-9-15(17)12-5-7-13(16)8-6-12/h5-8,14-15H,2-4,9-11,17H2,1H3. The Bertz CT molecular complexity index is 363. The predicted molar refractivity (Wildman–Crippen MR) is 72.8 cm³/mol. The Kier molecular flexibility index (Phi) is 4.72. The van der Waals surface area contributed by atoms with E-state index in [4.69, 9.17) is 5.73 Å². The molecule has 3 heteroatoms. The molecule has 2 unspecified atom stereocenters. The van der Waals surface area contributed by atoms with Gasteiger partial charge in [0.05, 0.1) is 0 Å². The third-order valence-corrected chi connectivity index (χ3v) is 4.00. The Morgan fingerprint density at radius 1 is 1.39 bits per heavy atom. The number of nitrogens with zero attached hydrogens (tertiary/aromatic N) is 1. The van der Waals surface area contributed by atoms with Gasteiger partial charge in [0.25, 0.3) is 0 Å². The lowest BCUT2D eigenvalue weighted by molar-refractivity contribution is 0.239. The average Bonchev–Trinajstić information content (AvgIpc) is 2.84. The van der Waals surface area contributed by atoms with Crippen molar-refractivity contribution in [3.05, 3.63) is 35.6 Å². The molecule has 2 atom stereocenters. The summed E-state index contributed by atoms with van der Waals surface area (Å²) in [5.74, 6) is -0.198.